The molecule has 1 aliphatic carbocycles. The fourth-order valence-corrected chi connectivity index (χ4v) is 4.51. The van der Waals surface area contributed by atoms with Crippen molar-refractivity contribution in [2.45, 2.75) is 55.4 Å². The molecule has 7 nitrogen and oxygen atoms in total. The summed E-state index contributed by atoms with van der Waals surface area (Å²) in [5.41, 5.74) is 1.44. The molecule has 1 unspecified atom stereocenters. The van der Waals surface area contributed by atoms with E-state index in [4.69, 9.17) is 4.74 Å². The number of hydrogen-bond donors (Lipinski definition) is 0. The molecular weight excluding hydrogens is 436 g/mol. The van der Waals surface area contributed by atoms with Crippen LogP contribution in [0.25, 0.3) is 0 Å². The zero-order chi connectivity index (χ0) is 24.2. The number of esters is 1. The molecule has 1 saturated carbocycles. The maximum atomic E-state index is 12.4. The number of pyridine rings is 1. The van der Waals surface area contributed by atoms with Crippen LogP contribution < -0.4 is 4.90 Å². The molecule has 0 N–H and O–H groups in total. The van der Waals surface area contributed by atoms with Gasteiger partial charge in [0.2, 0.25) is 0 Å². The summed E-state index contributed by atoms with van der Waals surface area (Å²) in [6.45, 7) is 5.26. The van der Waals surface area contributed by atoms with Crippen molar-refractivity contribution in [3.8, 4) is 12.1 Å². The van der Waals surface area contributed by atoms with Crippen molar-refractivity contribution in [1.82, 2.24) is 4.98 Å². The van der Waals surface area contributed by atoms with E-state index in [1.807, 2.05) is 30.3 Å². The van der Waals surface area contributed by atoms with Crippen LogP contribution in [0.4, 0.5) is 5.82 Å². The minimum absolute atomic E-state index is 0.0942. The van der Waals surface area contributed by atoms with Crippen LogP contribution in [0, 0.1) is 22.7 Å². The average Bonchev–Trinajstić information content (AvgIpc) is 3.60. The first kappa shape index (κ1) is 24.3. The van der Waals surface area contributed by atoms with Gasteiger partial charge in [-0.25, -0.2) is 4.98 Å². The highest BCUT2D eigenvalue weighted by molar-refractivity contribution is 8.00. The topological polar surface area (TPSA) is 107 Å². The van der Waals surface area contributed by atoms with Gasteiger partial charge in [-0.2, -0.15) is 10.5 Å². The summed E-state index contributed by atoms with van der Waals surface area (Å²) in [6.07, 6.45) is 2.58. The number of hydrogen-bond acceptors (Lipinski definition) is 8. The largest absolute Gasteiger partial charge is 0.459 e. The lowest BCUT2D eigenvalue weighted by molar-refractivity contribution is -0.152. The zero-order valence-electron chi connectivity index (χ0n) is 19.2. The van der Waals surface area contributed by atoms with Crippen LogP contribution in [-0.4, -0.2) is 36.4 Å². The monoisotopic (exact) mass is 462 g/mol. The van der Waals surface area contributed by atoms with Crippen molar-refractivity contribution < 1.29 is 14.3 Å². The summed E-state index contributed by atoms with van der Waals surface area (Å²) in [7, 11) is 1.67. The molecule has 3 rings (SSSR count). The number of aromatic nitrogens is 1. The molecule has 0 aliphatic heterocycles. The third-order valence-corrected chi connectivity index (χ3v) is 6.19. The molecule has 0 saturated heterocycles. The number of anilines is 1. The molecular formula is C25H26N4O3S. The molecule has 1 aromatic carbocycles. The number of nitriles is 2. The van der Waals surface area contributed by atoms with Crippen molar-refractivity contribution in [2.75, 3.05) is 18.5 Å². The van der Waals surface area contributed by atoms with Crippen molar-refractivity contribution in [1.29, 1.82) is 10.5 Å². The van der Waals surface area contributed by atoms with Crippen molar-refractivity contribution >= 4 is 29.8 Å². The lowest BCUT2D eigenvalue weighted by Gasteiger charge is -2.25. The molecule has 1 fully saturated rings. The number of ether oxygens (including phenoxy) is 1. The third kappa shape index (κ3) is 5.91. The van der Waals surface area contributed by atoms with Gasteiger partial charge in [-0.3, -0.25) is 4.79 Å². The van der Waals surface area contributed by atoms with Crippen LogP contribution in [0.15, 0.2) is 35.4 Å². The van der Waals surface area contributed by atoms with E-state index in [9.17, 15) is 20.1 Å². The molecule has 8 heteroatoms. The van der Waals surface area contributed by atoms with E-state index in [1.54, 1.807) is 32.7 Å². The lowest BCUT2D eigenvalue weighted by Crippen LogP contribution is -2.33. The SMILES string of the molecule is CN(CC(=O)OC(C)(C)C)c1nc(SC(C=O)c2ccccc2)c(C#N)c(C2CC2)c1C#N. The standard InChI is InChI=1S/C25H26N4O3S/c1-25(2,3)32-21(31)14-29(4)23-18(12-26)22(17-10-11-17)19(13-27)24(28-23)33-20(15-30)16-8-6-5-7-9-16/h5-9,15,17,20H,10-11,14H2,1-4H3. The summed E-state index contributed by atoms with van der Waals surface area (Å²) in [6, 6.07) is 13.7. The Hall–Kier alpha value is -3.36. The number of likely N-dealkylation sites (N-methyl/N-ethyl adjacent to an activating group) is 1. The minimum Gasteiger partial charge on any atom is -0.459 e. The van der Waals surface area contributed by atoms with E-state index in [0.29, 0.717) is 27.5 Å². The summed E-state index contributed by atoms with van der Waals surface area (Å²) in [5.74, 6) is -0.0431. The summed E-state index contributed by atoms with van der Waals surface area (Å²) in [5, 5.41) is 19.7. The molecule has 0 radical (unpaired) electrons. The Labute approximate surface area is 198 Å². The molecule has 170 valence electrons. The van der Waals surface area contributed by atoms with Crippen LogP contribution in [-0.2, 0) is 14.3 Å². The Morgan fingerprint density at radius 3 is 2.39 bits per heavy atom. The summed E-state index contributed by atoms with van der Waals surface area (Å²) in [4.78, 5) is 30.5. The van der Waals surface area contributed by atoms with Crippen LogP contribution in [0.5, 0.6) is 0 Å². The van der Waals surface area contributed by atoms with Crippen molar-refractivity contribution in [3.63, 3.8) is 0 Å². The maximum absolute atomic E-state index is 12.4. The number of nitrogens with zero attached hydrogens (tertiary/aromatic N) is 4. The summed E-state index contributed by atoms with van der Waals surface area (Å²) < 4.78 is 5.41. The third-order valence-electron chi connectivity index (χ3n) is 5.03. The van der Waals surface area contributed by atoms with E-state index in [1.165, 1.54) is 11.8 Å². The van der Waals surface area contributed by atoms with E-state index in [0.717, 1.165) is 24.7 Å². The first-order valence-corrected chi connectivity index (χ1v) is 11.5. The van der Waals surface area contributed by atoms with Gasteiger partial charge in [0.25, 0.3) is 0 Å². The van der Waals surface area contributed by atoms with Gasteiger partial charge in [0.05, 0.1) is 16.4 Å². The molecule has 1 aliphatic rings. The van der Waals surface area contributed by atoms with Gasteiger partial charge in [0, 0.05) is 7.05 Å². The molecule has 33 heavy (non-hydrogen) atoms. The van der Waals surface area contributed by atoms with Gasteiger partial charge < -0.3 is 14.4 Å². The molecule has 0 amide bonds. The molecule has 1 aromatic heterocycles. The fourth-order valence-electron chi connectivity index (χ4n) is 3.51. The van der Waals surface area contributed by atoms with Gasteiger partial charge in [0.15, 0.2) is 0 Å². The molecule has 1 heterocycles. The van der Waals surface area contributed by atoms with E-state index >= 15 is 0 Å². The predicted octanol–water partition coefficient (Wildman–Crippen LogP) is 4.51. The minimum atomic E-state index is -0.638. The average molecular weight is 463 g/mol. The first-order chi connectivity index (χ1) is 15.7. The normalized spacial score (nSPS) is 14.0. The smallest absolute Gasteiger partial charge is 0.326 e. The molecule has 0 bridgehead atoms. The van der Waals surface area contributed by atoms with Crippen LogP contribution in [0.3, 0.4) is 0 Å². The fraction of sp³-hybridized carbons (Fsp3) is 0.400. The Bertz CT molecular complexity index is 1130. The lowest BCUT2D eigenvalue weighted by atomic mass is 10.00. The van der Waals surface area contributed by atoms with E-state index in [-0.39, 0.29) is 12.5 Å². The van der Waals surface area contributed by atoms with Crippen LogP contribution >= 0.6 is 11.8 Å². The number of rotatable bonds is 8. The van der Waals surface area contributed by atoms with Crippen LogP contribution in [0.1, 0.15) is 67.0 Å². The molecule has 1 atom stereocenters. The first-order valence-electron chi connectivity index (χ1n) is 10.7. The maximum Gasteiger partial charge on any atom is 0.326 e. The number of carbonyl (C=O) groups excluding carboxylic acids is 2. The van der Waals surface area contributed by atoms with E-state index < -0.39 is 16.8 Å². The molecule has 0 spiro atoms. The second-order valence-electron chi connectivity index (χ2n) is 8.93. The Balaban J connectivity index is 2.06. The van der Waals surface area contributed by atoms with Crippen molar-refractivity contribution in [3.05, 3.63) is 52.6 Å². The van der Waals surface area contributed by atoms with Gasteiger partial charge >= 0.3 is 5.97 Å². The molecule has 2 aromatic rings. The Morgan fingerprint density at radius 2 is 1.88 bits per heavy atom. The second-order valence-corrected chi connectivity index (χ2v) is 10.1. The highest BCUT2D eigenvalue weighted by Crippen LogP contribution is 2.48. The number of carbonyl (C=O) groups is 2. The van der Waals surface area contributed by atoms with Gasteiger partial charge in [-0.1, -0.05) is 42.1 Å². The predicted molar refractivity (Wildman–Crippen MR) is 126 cm³/mol. The number of benzene rings is 1. The van der Waals surface area contributed by atoms with Crippen molar-refractivity contribution in [2.24, 2.45) is 0 Å². The zero-order valence-corrected chi connectivity index (χ0v) is 20.0. The number of aldehydes is 1. The Morgan fingerprint density at radius 1 is 1.24 bits per heavy atom. The van der Waals surface area contributed by atoms with Gasteiger partial charge in [-0.15, -0.1) is 0 Å². The highest BCUT2D eigenvalue weighted by Gasteiger charge is 2.34. The summed E-state index contributed by atoms with van der Waals surface area (Å²) >= 11 is 1.18. The van der Waals surface area contributed by atoms with Crippen LogP contribution in [0.2, 0.25) is 0 Å². The quantitative estimate of drug-likeness (QED) is 0.320. The number of thioether (sulfide) groups is 1. The van der Waals surface area contributed by atoms with Gasteiger partial charge in [0.1, 0.15) is 41.4 Å². The van der Waals surface area contributed by atoms with Gasteiger partial charge in [-0.05, 0) is 50.7 Å². The second kappa shape index (κ2) is 10.1. The highest BCUT2D eigenvalue weighted by atomic mass is 32.2. The Kier molecular flexibility index (Phi) is 7.40. The van der Waals surface area contributed by atoms with E-state index in [2.05, 4.69) is 17.1 Å².